The number of halogens is 1. The van der Waals surface area contributed by atoms with Crippen molar-refractivity contribution in [1.29, 1.82) is 0 Å². The van der Waals surface area contributed by atoms with Crippen LogP contribution in [-0.4, -0.2) is 24.1 Å². The maximum absolute atomic E-state index is 11.4. The molecule has 1 rings (SSSR count). The Labute approximate surface area is 110 Å². The minimum Gasteiger partial charge on any atom is -0.389 e. The number of anilines is 1. The average Bonchev–Trinajstić information content (AvgIpc) is 2.28. The smallest absolute Gasteiger partial charge is 0.250 e. The van der Waals surface area contributed by atoms with Crippen molar-refractivity contribution in [2.24, 2.45) is 5.73 Å². The molecule has 1 amide bonds. The van der Waals surface area contributed by atoms with Crippen molar-refractivity contribution in [1.82, 2.24) is 0 Å². The summed E-state index contributed by atoms with van der Waals surface area (Å²) in [5.74, 6) is -0.253. The highest BCUT2D eigenvalue weighted by Crippen LogP contribution is 2.22. The molecular formula is C11H13ClN2O2S. The number of thiocarbonyl (C=S) groups is 1. The second-order valence-corrected chi connectivity index (χ2v) is 4.09. The maximum atomic E-state index is 11.4. The second kappa shape index (κ2) is 6.54. The van der Waals surface area contributed by atoms with E-state index in [1.54, 1.807) is 18.2 Å². The number of nitrogens with one attached hydrogen (secondary N) is 1. The number of rotatable bonds is 5. The molecule has 0 saturated carbocycles. The van der Waals surface area contributed by atoms with Crippen molar-refractivity contribution in [3.05, 3.63) is 28.8 Å². The van der Waals surface area contributed by atoms with Crippen LogP contribution < -0.4 is 11.1 Å². The minimum atomic E-state index is -0.253. The number of carbonyl (C=O) groups is 1. The second-order valence-electron chi connectivity index (χ2n) is 3.24. The van der Waals surface area contributed by atoms with E-state index in [1.807, 2.05) is 6.92 Å². The van der Waals surface area contributed by atoms with Crippen molar-refractivity contribution < 1.29 is 9.53 Å². The summed E-state index contributed by atoms with van der Waals surface area (Å²) >= 11 is 10.8. The van der Waals surface area contributed by atoms with Crippen molar-refractivity contribution in [3.8, 4) is 0 Å². The summed E-state index contributed by atoms with van der Waals surface area (Å²) < 4.78 is 4.97. The zero-order valence-corrected chi connectivity index (χ0v) is 10.9. The third-order valence-corrected chi connectivity index (χ3v) is 2.51. The zero-order chi connectivity index (χ0) is 12.8. The fourth-order valence-corrected chi connectivity index (χ4v) is 1.51. The molecule has 0 radical (unpaired) electrons. The quantitative estimate of drug-likeness (QED) is 0.804. The van der Waals surface area contributed by atoms with Crippen LogP contribution >= 0.6 is 23.8 Å². The van der Waals surface area contributed by atoms with Crippen LogP contribution in [0.5, 0.6) is 0 Å². The third kappa shape index (κ3) is 4.30. The lowest BCUT2D eigenvalue weighted by Crippen LogP contribution is -2.18. The molecule has 6 heteroatoms. The van der Waals surface area contributed by atoms with Gasteiger partial charge in [-0.05, 0) is 25.1 Å². The normalized spacial score (nSPS) is 10.0. The SMILES string of the molecule is CCOCC(=O)Nc1ccc(C(N)=S)cc1Cl. The van der Waals surface area contributed by atoms with Gasteiger partial charge in [0.1, 0.15) is 11.6 Å². The summed E-state index contributed by atoms with van der Waals surface area (Å²) in [7, 11) is 0. The lowest BCUT2D eigenvalue weighted by Gasteiger charge is -2.08. The Hall–Kier alpha value is -1.17. The van der Waals surface area contributed by atoms with Crippen LogP contribution in [0.4, 0.5) is 5.69 Å². The van der Waals surface area contributed by atoms with Crippen LogP contribution in [0.1, 0.15) is 12.5 Å². The van der Waals surface area contributed by atoms with Crippen molar-refractivity contribution in [2.75, 3.05) is 18.5 Å². The predicted octanol–water partition coefficient (Wildman–Crippen LogP) is 1.95. The van der Waals surface area contributed by atoms with Gasteiger partial charge in [0, 0.05) is 12.2 Å². The summed E-state index contributed by atoms with van der Waals surface area (Å²) in [6, 6.07) is 4.96. The Morgan fingerprint density at radius 1 is 1.59 bits per heavy atom. The Kier molecular flexibility index (Phi) is 5.34. The largest absolute Gasteiger partial charge is 0.389 e. The van der Waals surface area contributed by atoms with E-state index in [1.165, 1.54) is 0 Å². The molecule has 0 aliphatic rings. The fraction of sp³-hybridized carbons (Fsp3) is 0.273. The summed E-state index contributed by atoms with van der Waals surface area (Å²) in [6.45, 7) is 2.31. The fourth-order valence-electron chi connectivity index (χ4n) is 1.15. The molecule has 4 nitrogen and oxygen atoms in total. The van der Waals surface area contributed by atoms with Crippen molar-refractivity contribution in [3.63, 3.8) is 0 Å². The first kappa shape index (κ1) is 13.9. The molecule has 0 aliphatic heterocycles. The minimum absolute atomic E-state index is 0.00385. The zero-order valence-electron chi connectivity index (χ0n) is 9.33. The van der Waals surface area contributed by atoms with Crippen LogP contribution in [-0.2, 0) is 9.53 Å². The molecule has 0 saturated heterocycles. The topological polar surface area (TPSA) is 64.3 Å². The molecule has 1 aromatic rings. The number of nitrogens with two attached hydrogens (primary N) is 1. The molecule has 0 atom stereocenters. The molecule has 0 aliphatic carbocycles. The van der Waals surface area contributed by atoms with E-state index in [2.05, 4.69) is 5.32 Å². The van der Waals surface area contributed by atoms with E-state index in [9.17, 15) is 4.79 Å². The van der Waals surface area contributed by atoms with Crippen LogP contribution in [0, 0.1) is 0 Å². The number of hydrogen-bond donors (Lipinski definition) is 2. The van der Waals surface area contributed by atoms with Gasteiger partial charge in [0.15, 0.2) is 0 Å². The molecule has 0 spiro atoms. The summed E-state index contributed by atoms with van der Waals surface area (Å²) in [5, 5.41) is 3.02. The molecule has 3 N–H and O–H groups in total. The van der Waals surface area contributed by atoms with Gasteiger partial charge < -0.3 is 15.8 Å². The number of amides is 1. The van der Waals surface area contributed by atoms with Crippen molar-refractivity contribution >= 4 is 40.4 Å². The van der Waals surface area contributed by atoms with Gasteiger partial charge in [0.2, 0.25) is 5.91 Å². The van der Waals surface area contributed by atoms with E-state index >= 15 is 0 Å². The van der Waals surface area contributed by atoms with Crippen LogP contribution in [0.2, 0.25) is 5.02 Å². The van der Waals surface area contributed by atoms with E-state index < -0.39 is 0 Å². The van der Waals surface area contributed by atoms with Crippen LogP contribution in [0.15, 0.2) is 18.2 Å². The van der Waals surface area contributed by atoms with Gasteiger partial charge in [-0.15, -0.1) is 0 Å². The third-order valence-electron chi connectivity index (χ3n) is 1.96. The van der Waals surface area contributed by atoms with E-state index in [4.69, 9.17) is 34.3 Å². The molecule has 0 unspecified atom stereocenters. The first-order valence-electron chi connectivity index (χ1n) is 5.01. The molecule has 17 heavy (non-hydrogen) atoms. The molecule has 0 bridgehead atoms. The summed E-state index contributed by atoms with van der Waals surface area (Å²) in [4.78, 5) is 11.7. The number of benzene rings is 1. The number of hydrogen-bond acceptors (Lipinski definition) is 3. The number of carbonyl (C=O) groups excluding carboxylic acids is 1. The van der Waals surface area contributed by atoms with Crippen LogP contribution in [0.25, 0.3) is 0 Å². The highest BCUT2D eigenvalue weighted by atomic mass is 35.5. The molecule has 0 aromatic heterocycles. The van der Waals surface area contributed by atoms with Gasteiger partial charge in [0.05, 0.1) is 10.7 Å². The van der Waals surface area contributed by atoms with E-state index in [0.717, 1.165) is 0 Å². The first-order valence-corrected chi connectivity index (χ1v) is 5.80. The predicted molar refractivity (Wildman–Crippen MR) is 72.5 cm³/mol. The molecular weight excluding hydrogens is 260 g/mol. The van der Waals surface area contributed by atoms with Gasteiger partial charge in [-0.25, -0.2) is 0 Å². The van der Waals surface area contributed by atoms with Gasteiger partial charge in [-0.3, -0.25) is 4.79 Å². The Bertz CT molecular complexity index is 437. The van der Waals surface area contributed by atoms with Gasteiger partial charge in [-0.1, -0.05) is 23.8 Å². The van der Waals surface area contributed by atoms with Gasteiger partial charge in [-0.2, -0.15) is 0 Å². The lowest BCUT2D eigenvalue weighted by molar-refractivity contribution is -0.120. The highest BCUT2D eigenvalue weighted by Gasteiger charge is 2.07. The monoisotopic (exact) mass is 272 g/mol. The Morgan fingerprint density at radius 3 is 2.82 bits per heavy atom. The first-order chi connectivity index (χ1) is 8.04. The molecule has 0 fully saturated rings. The summed E-state index contributed by atoms with van der Waals surface area (Å²) in [6.07, 6.45) is 0. The van der Waals surface area contributed by atoms with Crippen LogP contribution in [0.3, 0.4) is 0 Å². The molecule has 0 heterocycles. The maximum Gasteiger partial charge on any atom is 0.250 e. The Morgan fingerprint density at radius 2 is 2.29 bits per heavy atom. The van der Waals surface area contributed by atoms with E-state index in [-0.39, 0.29) is 17.5 Å². The highest BCUT2D eigenvalue weighted by molar-refractivity contribution is 7.80. The van der Waals surface area contributed by atoms with E-state index in [0.29, 0.717) is 22.9 Å². The molecule has 92 valence electrons. The van der Waals surface area contributed by atoms with Gasteiger partial charge in [0.25, 0.3) is 0 Å². The Balaban J connectivity index is 2.72. The van der Waals surface area contributed by atoms with Gasteiger partial charge >= 0.3 is 0 Å². The summed E-state index contributed by atoms with van der Waals surface area (Å²) in [5.41, 5.74) is 6.64. The lowest BCUT2D eigenvalue weighted by atomic mass is 10.2. The standard InChI is InChI=1S/C11H13ClN2O2S/c1-2-16-6-10(15)14-9-4-3-7(11(13)17)5-8(9)12/h3-5H,2,6H2,1H3,(H2,13,17)(H,14,15). The number of ether oxygens (including phenoxy) is 1. The molecule has 1 aromatic carbocycles. The van der Waals surface area contributed by atoms with Crippen molar-refractivity contribution in [2.45, 2.75) is 6.92 Å². The average molecular weight is 273 g/mol.